The molecule has 1 saturated heterocycles. The Morgan fingerprint density at radius 3 is 2.40 bits per heavy atom. The molecule has 15 heavy (non-hydrogen) atoms. The SMILES string of the molecule is Cc1cc([C@@H]2CCCCN2)cc(C)c1O. The van der Waals surface area contributed by atoms with E-state index in [1.54, 1.807) is 0 Å². The van der Waals surface area contributed by atoms with Crippen LogP contribution in [0.15, 0.2) is 12.1 Å². The summed E-state index contributed by atoms with van der Waals surface area (Å²) in [5.41, 5.74) is 3.29. The molecule has 2 rings (SSSR count). The molecule has 1 heterocycles. The summed E-state index contributed by atoms with van der Waals surface area (Å²) in [5.74, 6) is 0.439. The highest BCUT2D eigenvalue weighted by Gasteiger charge is 2.16. The molecule has 1 atom stereocenters. The minimum atomic E-state index is 0.439. The van der Waals surface area contributed by atoms with Gasteiger partial charge in [0, 0.05) is 6.04 Å². The molecule has 2 N–H and O–H groups in total. The lowest BCUT2D eigenvalue weighted by atomic mass is 9.94. The first-order valence-corrected chi connectivity index (χ1v) is 5.72. The smallest absolute Gasteiger partial charge is 0.121 e. The van der Waals surface area contributed by atoms with Crippen LogP contribution in [0.25, 0.3) is 0 Å². The highest BCUT2D eigenvalue weighted by molar-refractivity contribution is 5.43. The van der Waals surface area contributed by atoms with Gasteiger partial charge in [0.15, 0.2) is 0 Å². The van der Waals surface area contributed by atoms with Crippen molar-refractivity contribution in [1.82, 2.24) is 5.32 Å². The number of hydrogen-bond donors (Lipinski definition) is 2. The second-order valence-electron chi connectivity index (χ2n) is 4.51. The third-order valence-electron chi connectivity index (χ3n) is 3.23. The Morgan fingerprint density at radius 1 is 1.20 bits per heavy atom. The van der Waals surface area contributed by atoms with E-state index in [0.717, 1.165) is 17.7 Å². The standard InChI is InChI=1S/C13H19NO/c1-9-7-11(8-10(2)13(9)15)12-5-3-4-6-14-12/h7-8,12,14-15H,3-6H2,1-2H3/t12-/m0/s1. The summed E-state index contributed by atoms with van der Waals surface area (Å²) in [5, 5.41) is 13.2. The molecule has 2 nitrogen and oxygen atoms in total. The number of aryl methyl sites for hydroxylation is 2. The summed E-state index contributed by atoms with van der Waals surface area (Å²) >= 11 is 0. The molecule has 1 aliphatic rings. The molecule has 0 saturated carbocycles. The molecular weight excluding hydrogens is 186 g/mol. The van der Waals surface area contributed by atoms with Crippen LogP contribution in [0, 0.1) is 13.8 Å². The molecule has 0 aromatic heterocycles. The summed E-state index contributed by atoms with van der Waals surface area (Å²) in [6.45, 7) is 5.05. The van der Waals surface area contributed by atoms with E-state index >= 15 is 0 Å². The van der Waals surface area contributed by atoms with Crippen molar-refractivity contribution in [2.45, 2.75) is 39.2 Å². The van der Waals surface area contributed by atoms with Crippen LogP contribution in [-0.2, 0) is 0 Å². The van der Waals surface area contributed by atoms with Crippen LogP contribution >= 0.6 is 0 Å². The number of aromatic hydroxyl groups is 1. The maximum Gasteiger partial charge on any atom is 0.121 e. The van der Waals surface area contributed by atoms with Gasteiger partial charge in [-0.3, -0.25) is 0 Å². The summed E-state index contributed by atoms with van der Waals surface area (Å²) in [4.78, 5) is 0. The van der Waals surface area contributed by atoms with Crippen LogP contribution in [0.1, 0.15) is 42.0 Å². The molecule has 82 valence electrons. The average Bonchev–Trinajstić information content (AvgIpc) is 2.26. The molecular formula is C13H19NO. The maximum absolute atomic E-state index is 9.71. The van der Waals surface area contributed by atoms with Crippen LogP contribution in [0.5, 0.6) is 5.75 Å². The van der Waals surface area contributed by atoms with Crippen molar-refractivity contribution in [3.8, 4) is 5.75 Å². The fourth-order valence-electron chi connectivity index (χ4n) is 2.33. The molecule has 0 radical (unpaired) electrons. The maximum atomic E-state index is 9.71. The normalized spacial score (nSPS) is 21.6. The van der Waals surface area contributed by atoms with E-state index in [-0.39, 0.29) is 0 Å². The highest BCUT2D eigenvalue weighted by Crippen LogP contribution is 2.29. The second kappa shape index (κ2) is 4.23. The van der Waals surface area contributed by atoms with Gasteiger partial charge in [0.05, 0.1) is 0 Å². The Bertz CT molecular complexity index is 331. The van der Waals surface area contributed by atoms with Crippen molar-refractivity contribution in [3.63, 3.8) is 0 Å². The lowest BCUT2D eigenvalue weighted by Crippen LogP contribution is -2.26. The molecule has 2 heteroatoms. The fraction of sp³-hybridized carbons (Fsp3) is 0.538. The van der Waals surface area contributed by atoms with Crippen molar-refractivity contribution in [2.24, 2.45) is 0 Å². The molecule has 1 fully saturated rings. The van der Waals surface area contributed by atoms with Crippen LogP contribution < -0.4 is 5.32 Å². The zero-order valence-corrected chi connectivity index (χ0v) is 9.51. The second-order valence-corrected chi connectivity index (χ2v) is 4.51. The van der Waals surface area contributed by atoms with Crippen LogP contribution in [0.4, 0.5) is 0 Å². The number of nitrogens with one attached hydrogen (secondary N) is 1. The van der Waals surface area contributed by atoms with Crippen LogP contribution in [0.3, 0.4) is 0 Å². The third-order valence-corrected chi connectivity index (χ3v) is 3.23. The van der Waals surface area contributed by atoms with Crippen LogP contribution in [0.2, 0.25) is 0 Å². The molecule has 0 spiro atoms. The number of rotatable bonds is 1. The average molecular weight is 205 g/mol. The van der Waals surface area contributed by atoms with E-state index in [4.69, 9.17) is 0 Å². The van der Waals surface area contributed by atoms with E-state index in [1.807, 2.05) is 13.8 Å². The summed E-state index contributed by atoms with van der Waals surface area (Å²) < 4.78 is 0. The van der Waals surface area contributed by atoms with Crippen molar-refractivity contribution in [3.05, 3.63) is 28.8 Å². The largest absolute Gasteiger partial charge is 0.507 e. The van der Waals surface area contributed by atoms with Gasteiger partial charge in [-0.2, -0.15) is 0 Å². The molecule has 0 bridgehead atoms. The molecule has 1 aromatic carbocycles. The number of phenolic OH excluding ortho intramolecular Hbond substituents is 1. The predicted molar refractivity (Wildman–Crippen MR) is 62.2 cm³/mol. The first kappa shape index (κ1) is 10.5. The van der Waals surface area contributed by atoms with Gasteiger partial charge >= 0.3 is 0 Å². The first-order chi connectivity index (χ1) is 7.18. The number of benzene rings is 1. The molecule has 1 aromatic rings. The van der Waals surface area contributed by atoms with Gasteiger partial charge in [0.1, 0.15) is 5.75 Å². The highest BCUT2D eigenvalue weighted by atomic mass is 16.3. The minimum absolute atomic E-state index is 0.439. The summed E-state index contributed by atoms with van der Waals surface area (Å²) in [6, 6.07) is 4.69. The lowest BCUT2D eigenvalue weighted by Gasteiger charge is -2.24. The number of phenols is 1. The van der Waals surface area contributed by atoms with E-state index in [1.165, 1.54) is 24.8 Å². The quantitative estimate of drug-likeness (QED) is 0.739. The fourth-order valence-corrected chi connectivity index (χ4v) is 2.33. The zero-order valence-electron chi connectivity index (χ0n) is 9.51. The van der Waals surface area contributed by atoms with E-state index in [2.05, 4.69) is 17.4 Å². The van der Waals surface area contributed by atoms with Crippen molar-refractivity contribution >= 4 is 0 Å². The minimum Gasteiger partial charge on any atom is -0.507 e. The number of piperidine rings is 1. The van der Waals surface area contributed by atoms with Gasteiger partial charge in [0.2, 0.25) is 0 Å². The van der Waals surface area contributed by atoms with Gasteiger partial charge in [-0.05, 0) is 49.9 Å². The lowest BCUT2D eigenvalue weighted by molar-refractivity contribution is 0.410. The first-order valence-electron chi connectivity index (χ1n) is 5.72. The molecule has 1 aliphatic heterocycles. The Labute approximate surface area is 91.3 Å². The monoisotopic (exact) mass is 205 g/mol. The summed E-state index contributed by atoms with van der Waals surface area (Å²) in [6.07, 6.45) is 3.80. The Kier molecular flexibility index (Phi) is 2.96. The van der Waals surface area contributed by atoms with Gasteiger partial charge in [0.25, 0.3) is 0 Å². The summed E-state index contributed by atoms with van der Waals surface area (Å²) in [7, 11) is 0. The van der Waals surface area contributed by atoms with E-state index in [0.29, 0.717) is 11.8 Å². The van der Waals surface area contributed by atoms with E-state index < -0.39 is 0 Å². The third kappa shape index (κ3) is 2.15. The number of hydrogen-bond acceptors (Lipinski definition) is 2. The Morgan fingerprint density at radius 2 is 1.87 bits per heavy atom. The Hall–Kier alpha value is -1.02. The van der Waals surface area contributed by atoms with Gasteiger partial charge < -0.3 is 10.4 Å². The zero-order chi connectivity index (χ0) is 10.8. The van der Waals surface area contributed by atoms with Crippen molar-refractivity contribution in [1.29, 1.82) is 0 Å². The Balaban J connectivity index is 2.27. The van der Waals surface area contributed by atoms with E-state index in [9.17, 15) is 5.11 Å². The van der Waals surface area contributed by atoms with Gasteiger partial charge in [-0.25, -0.2) is 0 Å². The topological polar surface area (TPSA) is 32.3 Å². The molecule has 0 aliphatic carbocycles. The van der Waals surface area contributed by atoms with Crippen molar-refractivity contribution in [2.75, 3.05) is 6.54 Å². The van der Waals surface area contributed by atoms with Gasteiger partial charge in [-0.15, -0.1) is 0 Å². The predicted octanol–water partition coefficient (Wildman–Crippen LogP) is 2.82. The molecule has 0 unspecified atom stereocenters. The molecule has 0 amide bonds. The van der Waals surface area contributed by atoms with Crippen molar-refractivity contribution < 1.29 is 5.11 Å². The van der Waals surface area contributed by atoms with Crippen LogP contribution in [-0.4, -0.2) is 11.7 Å². The van der Waals surface area contributed by atoms with Gasteiger partial charge in [-0.1, -0.05) is 18.6 Å².